The Kier molecular flexibility index (Phi) is 5.31. The predicted molar refractivity (Wildman–Crippen MR) is 81.2 cm³/mol. The average Bonchev–Trinajstić information content (AvgIpc) is 2.24. The van der Waals surface area contributed by atoms with Crippen LogP contribution in [0.15, 0.2) is 0 Å². The molecule has 0 aliphatic carbocycles. The van der Waals surface area contributed by atoms with Crippen molar-refractivity contribution in [2.45, 2.75) is 72.2 Å². The Morgan fingerprint density at radius 1 is 1.28 bits per heavy atom. The molecule has 0 spiro atoms. The average molecular weight is 253 g/mol. The summed E-state index contributed by atoms with van der Waals surface area (Å²) in [7, 11) is 2.21. The molecule has 106 valence electrons. The molecule has 18 heavy (non-hydrogen) atoms. The Bertz CT molecular complexity index is 267. The molecule has 3 atom stereocenters. The minimum Gasteiger partial charge on any atom is -0.431 e. The van der Waals surface area contributed by atoms with E-state index in [0.717, 1.165) is 12.5 Å². The summed E-state index contributed by atoms with van der Waals surface area (Å²) >= 11 is 0. The van der Waals surface area contributed by atoms with E-state index < -0.39 is 0 Å². The van der Waals surface area contributed by atoms with Crippen molar-refractivity contribution in [3.8, 4) is 0 Å². The zero-order chi connectivity index (χ0) is 14.1. The molecule has 0 radical (unpaired) electrons. The lowest BCUT2D eigenvalue weighted by atomic mass is 9.47. The van der Waals surface area contributed by atoms with E-state index >= 15 is 0 Å². The van der Waals surface area contributed by atoms with E-state index in [-0.39, 0.29) is 5.60 Å². The monoisotopic (exact) mass is 253 g/mol. The van der Waals surface area contributed by atoms with Gasteiger partial charge in [0.25, 0.3) is 6.92 Å². The van der Waals surface area contributed by atoms with Crippen LogP contribution in [0.4, 0.5) is 0 Å². The van der Waals surface area contributed by atoms with Crippen LogP contribution in [0.3, 0.4) is 0 Å². The number of hydrogen-bond donors (Lipinski definition) is 0. The summed E-state index contributed by atoms with van der Waals surface area (Å²) in [6.07, 6.45) is 1.21. The molecule has 0 aromatic carbocycles. The number of hydrogen-bond acceptors (Lipinski definition) is 2. The molecule has 0 aromatic heterocycles. The Labute approximate surface area is 115 Å². The molecule has 1 aliphatic rings. The fraction of sp³-hybridized carbons (Fsp3) is 1.00. The lowest BCUT2D eigenvalue weighted by Crippen LogP contribution is -2.50. The second kappa shape index (κ2) is 5.96. The first-order chi connectivity index (χ1) is 8.15. The van der Waals surface area contributed by atoms with Crippen LogP contribution in [0.25, 0.3) is 0 Å². The van der Waals surface area contributed by atoms with Crippen molar-refractivity contribution in [3.05, 3.63) is 0 Å². The molecule has 0 aromatic rings. The largest absolute Gasteiger partial charge is 0.431 e. The van der Waals surface area contributed by atoms with Crippen LogP contribution < -0.4 is 0 Å². The highest BCUT2D eigenvalue weighted by Gasteiger charge is 2.43. The Hall–Kier alpha value is -0.0151. The van der Waals surface area contributed by atoms with Gasteiger partial charge in [0.1, 0.15) is 0 Å². The molecule has 1 aliphatic heterocycles. The maximum absolute atomic E-state index is 6.37. The summed E-state index contributed by atoms with van der Waals surface area (Å²) < 4.78 is 6.37. The molecule has 0 bridgehead atoms. The smallest absolute Gasteiger partial charge is 0.298 e. The molecule has 1 rings (SSSR count). The molecule has 3 unspecified atom stereocenters. The lowest BCUT2D eigenvalue weighted by Gasteiger charge is -2.46. The van der Waals surface area contributed by atoms with Crippen molar-refractivity contribution in [2.24, 2.45) is 11.8 Å². The minimum absolute atomic E-state index is 0.0208. The van der Waals surface area contributed by atoms with Gasteiger partial charge >= 0.3 is 0 Å². The highest BCUT2D eigenvalue weighted by atomic mass is 16.5. The van der Waals surface area contributed by atoms with Gasteiger partial charge in [-0.05, 0) is 65.3 Å². The van der Waals surface area contributed by atoms with Gasteiger partial charge in [-0.3, -0.25) is 0 Å². The van der Waals surface area contributed by atoms with E-state index in [2.05, 4.69) is 60.4 Å². The summed E-state index contributed by atoms with van der Waals surface area (Å²) in [5, 5.41) is 0. The van der Waals surface area contributed by atoms with Crippen molar-refractivity contribution < 1.29 is 4.65 Å². The molecule has 0 N–H and O–H groups in total. The SMILES string of the molecule is CC(CN(C)C(C)C)B1CC(C)C(C)C(C)(C)O1. The summed E-state index contributed by atoms with van der Waals surface area (Å²) in [4.78, 5) is 2.42. The van der Waals surface area contributed by atoms with Crippen molar-refractivity contribution in [1.29, 1.82) is 0 Å². The molecule has 3 heteroatoms. The lowest BCUT2D eigenvalue weighted by molar-refractivity contribution is 0.00220. The normalized spacial score (nSPS) is 30.0. The van der Waals surface area contributed by atoms with E-state index in [1.807, 2.05) is 0 Å². The van der Waals surface area contributed by atoms with Gasteiger partial charge in [0, 0.05) is 11.6 Å². The van der Waals surface area contributed by atoms with Gasteiger partial charge in [-0.2, -0.15) is 0 Å². The molecular formula is C15H32BNO. The maximum Gasteiger partial charge on any atom is 0.298 e. The number of nitrogens with zero attached hydrogens (tertiary/aromatic N) is 1. The molecular weight excluding hydrogens is 221 g/mol. The Balaban J connectivity index is 2.62. The Morgan fingerprint density at radius 3 is 2.28 bits per heavy atom. The molecule has 2 nitrogen and oxygen atoms in total. The van der Waals surface area contributed by atoms with Crippen LogP contribution in [-0.4, -0.2) is 37.1 Å². The minimum atomic E-state index is 0.0208. The van der Waals surface area contributed by atoms with E-state index in [4.69, 9.17) is 4.65 Å². The molecule has 1 heterocycles. The third-order valence-electron chi connectivity index (χ3n) is 5.10. The summed E-state index contributed by atoms with van der Waals surface area (Å²) in [5.41, 5.74) is 0.0208. The second-order valence-corrected chi connectivity index (χ2v) is 7.27. The van der Waals surface area contributed by atoms with Gasteiger partial charge < -0.3 is 9.55 Å². The summed E-state index contributed by atoms with van der Waals surface area (Å²) in [5.74, 6) is 2.00. The zero-order valence-corrected chi connectivity index (χ0v) is 13.7. The van der Waals surface area contributed by atoms with E-state index in [9.17, 15) is 0 Å². The van der Waals surface area contributed by atoms with E-state index in [1.54, 1.807) is 0 Å². The van der Waals surface area contributed by atoms with Crippen molar-refractivity contribution in [3.63, 3.8) is 0 Å². The molecule has 0 amide bonds. The first-order valence-corrected chi connectivity index (χ1v) is 7.53. The second-order valence-electron chi connectivity index (χ2n) is 7.27. The topological polar surface area (TPSA) is 12.5 Å². The van der Waals surface area contributed by atoms with Gasteiger partial charge in [-0.15, -0.1) is 0 Å². The van der Waals surface area contributed by atoms with Crippen LogP contribution >= 0.6 is 0 Å². The van der Waals surface area contributed by atoms with Crippen LogP contribution in [0.1, 0.15) is 48.5 Å². The van der Waals surface area contributed by atoms with Gasteiger partial charge in [0.05, 0.1) is 0 Å². The van der Waals surface area contributed by atoms with Crippen molar-refractivity contribution in [1.82, 2.24) is 4.90 Å². The fourth-order valence-electron chi connectivity index (χ4n) is 2.93. The van der Waals surface area contributed by atoms with Crippen LogP contribution in [0.5, 0.6) is 0 Å². The zero-order valence-electron chi connectivity index (χ0n) is 13.7. The van der Waals surface area contributed by atoms with Crippen LogP contribution in [0.2, 0.25) is 12.1 Å². The van der Waals surface area contributed by atoms with Gasteiger partial charge in [-0.1, -0.05) is 20.8 Å². The van der Waals surface area contributed by atoms with Crippen molar-refractivity contribution >= 4 is 6.92 Å². The molecule has 0 saturated carbocycles. The van der Waals surface area contributed by atoms with E-state index in [1.165, 1.54) is 6.32 Å². The Morgan fingerprint density at radius 2 is 1.83 bits per heavy atom. The summed E-state index contributed by atoms with van der Waals surface area (Å²) in [6.45, 7) is 17.6. The fourth-order valence-corrected chi connectivity index (χ4v) is 2.93. The third-order valence-corrected chi connectivity index (χ3v) is 5.10. The van der Waals surface area contributed by atoms with Crippen LogP contribution in [0, 0.1) is 11.8 Å². The highest BCUT2D eigenvalue weighted by Crippen LogP contribution is 2.39. The van der Waals surface area contributed by atoms with Crippen LogP contribution in [-0.2, 0) is 4.65 Å². The summed E-state index contributed by atoms with van der Waals surface area (Å²) in [6, 6.07) is 0.611. The van der Waals surface area contributed by atoms with E-state index in [0.29, 0.717) is 24.7 Å². The first kappa shape index (κ1) is 16.0. The highest BCUT2D eigenvalue weighted by molar-refractivity contribution is 6.54. The number of rotatable bonds is 4. The predicted octanol–water partition coefficient (Wildman–Crippen LogP) is 3.79. The van der Waals surface area contributed by atoms with Gasteiger partial charge in [0.2, 0.25) is 0 Å². The molecule has 1 saturated heterocycles. The standard InChI is InChI=1S/C15H32BNO/c1-11(2)17(8)10-13(4)16-9-12(3)14(5)15(6,7)18-16/h11-14H,9-10H2,1-8H3. The quantitative estimate of drug-likeness (QED) is 0.707. The first-order valence-electron chi connectivity index (χ1n) is 7.53. The third kappa shape index (κ3) is 3.74. The van der Waals surface area contributed by atoms with Gasteiger partial charge in [0.15, 0.2) is 0 Å². The van der Waals surface area contributed by atoms with Gasteiger partial charge in [-0.25, -0.2) is 0 Å². The molecule has 1 fully saturated rings. The maximum atomic E-state index is 6.37. The van der Waals surface area contributed by atoms with Crippen molar-refractivity contribution in [2.75, 3.05) is 13.6 Å².